The molecule has 0 atom stereocenters. The van der Waals surface area contributed by atoms with Crippen LogP contribution in [0.1, 0.15) is 11.3 Å². The monoisotopic (exact) mass is 268 g/mol. The van der Waals surface area contributed by atoms with Crippen LogP contribution < -0.4 is 10.5 Å². The first kappa shape index (κ1) is 12.5. The highest BCUT2D eigenvalue weighted by atomic mass is 16.5. The summed E-state index contributed by atoms with van der Waals surface area (Å²) in [5.74, 6) is 1.27. The van der Waals surface area contributed by atoms with Gasteiger partial charge >= 0.3 is 0 Å². The summed E-state index contributed by atoms with van der Waals surface area (Å²) in [6.45, 7) is 2.62. The van der Waals surface area contributed by atoms with Crippen LogP contribution in [0.4, 0.5) is 5.95 Å². The van der Waals surface area contributed by atoms with Crippen molar-refractivity contribution in [2.45, 2.75) is 13.5 Å². The Morgan fingerprint density at radius 3 is 2.80 bits per heavy atom. The van der Waals surface area contributed by atoms with Crippen LogP contribution in [0.25, 0.3) is 11.0 Å². The zero-order chi connectivity index (χ0) is 14.1. The Morgan fingerprint density at radius 2 is 2.10 bits per heavy atom. The molecule has 0 fully saturated rings. The smallest absolute Gasteiger partial charge is 0.201 e. The number of imidazole rings is 1. The third-order valence-electron chi connectivity index (χ3n) is 3.30. The van der Waals surface area contributed by atoms with Crippen LogP contribution in [0.15, 0.2) is 36.5 Å². The van der Waals surface area contributed by atoms with E-state index < -0.39 is 0 Å². The highest BCUT2D eigenvalue weighted by Crippen LogP contribution is 2.23. The third-order valence-corrected chi connectivity index (χ3v) is 3.30. The van der Waals surface area contributed by atoms with Gasteiger partial charge in [0.05, 0.1) is 24.7 Å². The molecule has 5 heteroatoms. The molecule has 0 spiro atoms. The maximum Gasteiger partial charge on any atom is 0.201 e. The molecule has 3 rings (SSSR count). The third kappa shape index (κ3) is 2.18. The molecule has 0 aliphatic carbocycles. The second-order valence-corrected chi connectivity index (χ2v) is 4.72. The Morgan fingerprint density at radius 1 is 1.25 bits per heavy atom. The molecule has 0 unspecified atom stereocenters. The van der Waals surface area contributed by atoms with E-state index in [1.54, 1.807) is 7.11 Å². The van der Waals surface area contributed by atoms with Crippen molar-refractivity contribution < 1.29 is 4.74 Å². The molecular weight excluding hydrogens is 252 g/mol. The number of methoxy groups -OCH3 is 1. The average molecular weight is 268 g/mol. The van der Waals surface area contributed by atoms with E-state index >= 15 is 0 Å². The zero-order valence-electron chi connectivity index (χ0n) is 11.5. The second kappa shape index (κ2) is 4.85. The predicted octanol–water partition coefficient (Wildman–Crippen LogP) is 2.38. The molecular formula is C15H16N4O. The molecule has 1 aromatic carbocycles. The van der Waals surface area contributed by atoms with E-state index in [9.17, 15) is 0 Å². The zero-order valence-corrected chi connectivity index (χ0v) is 11.5. The molecule has 102 valence electrons. The Kier molecular flexibility index (Phi) is 3.02. The number of pyridine rings is 1. The number of nitrogens with zero attached hydrogens (tertiary/aromatic N) is 3. The van der Waals surface area contributed by atoms with Crippen molar-refractivity contribution in [3.05, 3.63) is 47.8 Å². The van der Waals surface area contributed by atoms with Crippen molar-refractivity contribution in [1.82, 2.24) is 14.5 Å². The summed E-state index contributed by atoms with van der Waals surface area (Å²) in [6.07, 6.45) is 1.87. The molecule has 0 aliphatic heterocycles. The normalized spacial score (nSPS) is 10.9. The summed E-state index contributed by atoms with van der Waals surface area (Å²) >= 11 is 0. The van der Waals surface area contributed by atoms with Gasteiger partial charge in [0.1, 0.15) is 5.75 Å². The molecule has 0 radical (unpaired) electrons. The van der Waals surface area contributed by atoms with E-state index in [0.29, 0.717) is 12.5 Å². The lowest BCUT2D eigenvalue weighted by Crippen LogP contribution is -2.04. The molecule has 5 nitrogen and oxygen atoms in total. The summed E-state index contributed by atoms with van der Waals surface area (Å²) < 4.78 is 7.18. The van der Waals surface area contributed by atoms with Crippen molar-refractivity contribution in [1.29, 1.82) is 0 Å². The van der Waals surface area contributed by atoms with Crippen molar-refractivity contribution in [3.8, 4) is 5.75 Å². The molecule has 0 saturated carbocycles. The van der Waals surface area contributed by atoms with Gasteiger partial charge in [-0.1, -0.05) is 6.07 Å². The van der Waals surface area contributed by atoms with Gasteiger partial charge in [-0.3, -0.25) is 4.98 Å². The number of benzene rings is 1. The lowest BCUT2D eigenvalue weighted by Gasteiger charge is -2.07. The first-order valence-electron chi connectivity index (χ1n) is 6.38. The molecule has 0 aliphatic rings. The van der Waals surface area contributed by atoms with Crippen LogP contribution in [0.2, 0.25) is 0 Å². The number of hydrogen-bond acceptors (Lipinski definition) is 4. The highest BCUT2D eigenvalue weighted by Gasteiger charge is 2.09. The number of fused-ring (bicyclic) bond motifs is 1. The van der Waals surface area contributed by atoms with Crippen molar-refractivity contribution >= 4 is 17.0 Å². The molecule has 0 bridgehead atoms. The number of nitrogens with two attached hydrogens (primary N) is 1. The van der Waals surface area contributed by atoms with Gasteiger partial charge in [-0.05, 0) is 30.7 Å². The number of nitrogen functional groups attached to an aromatic ring is 1. The van der Waals surface area contributed by atoms with Crippen molar-refractivity contribution in [2.75, 3.05) is 12.8 Å². The summed E-state index contributed by atoms with van der Waals surface area (Å²) in [5.41, 5.74) is 9.93. The van der Waals surface area contributed by atoms with Gasteiger partial charge in [0.25, 0.3) is 0 Å². The topological polar surface area (TPSA) is 66.0 Å². The van der Waals surface area contributed by atoms with Crippen LogP contribution in [0.3, 0.4) is 0 Å². The SMILES string of the molecule is COc1ccc2c(c1)nc(N)n2Cc1ccc(C)nc1. The largest absolute Gasteiger partial charge is 0.497 e. The van der Waals surface area contributed by atoms with Crippen LogP contribution in [0.5, 0.6) is 5.75 Å². The molecule has 20 heavy (non-hydrogen) atoms. The number of hydrogen-bond donors (Lipinski definition) is 1. The Hall–Kier alpha value is -2.56. The Labute approximate surface area is 117 Å². The first-order chi connectivity index (χ1) is 9.67. The fraction of sp³-hybridized carbons (Fsp3) is 0.200. The van der Waals surface area contributed by atoms with E-state index in [0.717, 1.165) is 28.0 Å². The van der Waals surface area contributed by atoms with E-state index in [1.807, 2.05) is 42.0 Å². The number of aryl methyl sites for hydroxylation is 1. The van der Waals surface area contributed by atoms with Crippen molar-refractivity contribution in [2.24, 2.45) is 0 Å². The molecule has 2 N–H and O–H groups in total. The molecule has 3 aromatic rings. The summed E-state index contributed by atoms with van der Waals surface area (Å²) in [4.78, 5) is 8.68. The van der Waals surface area contributed by atoms with Crippen LogP contribution >= 0.6 is 0 Å². The molecule has 0 saturated heterocycles. The fourth-order valence-corrected chi connectivity index (χ4v) is 2.20. The number of anilines is 1. The summed E-state index contributed by atoms with van der Waals surface area (Å²) in [6, 6.07) is 9.81. The van der Waals surface area contributed by atoms with Gasteiger partial charge in [-0.25, -0.2) is 4.98 Å². The predicted molar refractivity (Wildman–Crippen MR) is 78.8 cm³/mol. The minimum atomic E-state index is 0.494. The molecule has 2 heterocycles. The van der Waals surface area contributed by atoms with E-state index in [-0.39, 0.29) is 0 Å². The maximum atomic E-state index is 6.01. The molecule has 2 aromatic heterocycles. The Bertz CT molecular complexity index is 746. The number of ether oxygens (including phenoxy) is 1. The summed E-state index contributed by atoms with van der Waals surface area (Å²) in [7, 11) is 1.64. The maximum absolute atomic E-state index is 6.01. The van der Waals surface area contributed by atoms with Gasteiger partial charge in [0, 0.05) is 18.0 Å². The van der Waals surface area contributed by atoms with E-state index in [2.05, 4.69) is 16.0 Å². The number of aromatic nitrogens is 3. The first-order valence-corrected chi connectivity index (χ1v) is 6.38. The van der Waals surface area contributed by atoms with Crippen LogP contribution in [-0.2, 0) is 6.54 Å². The van der Waals surface area contributed by atoms with Crippen LogP contribution in [0, 0.1) is 6.92 Å². The van der Waals surface area contributed by atoms with Gasteiger partial charge in [0.15, 0.2) is 0 Å². The quantitative estimate of drug-likeness (QED) is 0.792. The number of rotatable bonds is 3. The minimum absolute atomic E-state index is 0.494. The fourth-order valence-electron chi connectivity index (χ4n) is 2.20. The standard InChI is InChI=1S/C15H16N4O/c1-10-3-4-11(8-17-10)9-19-14-6-5-12(20-2)7-13(14)18-15(19)16/h3-8H,9H2,1-2H3,(H2,16,18). The Balaban J connectivity index is 2.02. The van der Waals surface area contributed by atoms with Crippen molar-refractivity contribution in [3.63, 3.8) is 0 Å². The highest BCUT2D eigenvalue weighted by molar-refractivity contribution is 5.80. The second-order valence-electron chi connectivity index (χ2n) is 4.72. The van der Waals surface area contributed by atoms with Gasteiger partial charge in [-0.15, -0.1) is 0 Å². The average Bonchev–Trinajstić information content (AvgIpc) is 2.76. The van der Waals surface area contributed by atoms with Gasteiger partial charge in [-0.2, -0.15) is 0 Å². The van der Waals surface area contributed by atoms with Crippen LogP contribution in [-0.4, -0.2) is 21.6 Å². The lowest BCUT2D eigenvalue weighted by atomic mass is 10.2. The van der Waals surface area contributed by atoms with E-state index in [1.165, 1.54) is 0 Å². The summed E-state index contributed by atoms with van der Waals surface area (Å²) in [5, 5.41) is 0. The van der Waals surface area contributed by atoms with Gasteiger partial charge in [0.2, 0.25) is 5.95 Å². The minimum Gasteiger partial charge on any atom is -0.497 e. The van der Waals surface area contributed by atoms with E-state index in [4.69, 9.17) is 10.5 Å². The lowest BCUT2D eigenvalue weighted by molar-refractivity contribution is 0.415. The van der Waals surface area contributed by atoms with Gasteiger partial charge < -0.3 is 15.0 Å². The molecule has 0 amide bonds.